The molecule has 7 nitrogen and oxygen atoms in total. The molecule has 0 spiro atoms. The molecule has 0 saturated carbocycles. The number of methoxy groups -OCH3 is 3. The fourth-order valence-electron chi connectivity index (χ4n) is 3.89. The van der Waals surface area contributed by atoms with Gasteiger partial charge in [0.05, 0.1) is 40.1 Å². The van der Waals surface area contributed by atoms with Gasteiger partial charge in [0, 0.05) is 0 Å². The van der Waals surface area contributed by atoms with Crippen LogP contribution in [0, 0.1) is 6.92 Å². The SMILES string of the molecule is COc1cc(/C=C/C(=O)/C(=C\c2ccc(OC)c(OC)c2)C(=O)/C=C/c2ccc(CO)c(CO)c2)ccc1C. The third-order valence-corrected chi connectivity index (χ3v) is 6.11. The van der Waals surface area contributed by atoms with E-state index in [1.807, 2.05) is 25.1 Å². The molecule has 7 heteroatoms. The van der Waals surface area contributed by atoms with Gasteiger partial charge in [-0.3, -0.25) is 9.59 Å². The molecule has 0 heterocycles. The second-order valence-corrected chi connectivity index (χ2v) is 8.64. The Labute approximate surface area is 228 Å². The van der Waals surface area contributed by atoms with Gasteiger partial charge >= 0.3 is 0 Å². The first-order valence-electron chi connectivity index (χ1n) is 12.2. The lowest BCUT2D eigenvalue weighted by Crippen LogP contribution is -2.08. The minimum absolute atomic E-state index is 0.0526. The second-order valence-electron chi connectivity index (χ2n) is 8.64. The number of aliphatic hydroxyl groups is 2. The van der Waals surface area contributed by atoms with Crippen molar-refractivity contribution in [2.75, 3.05) is 21.3 Å². The number of aryl methyl sites for hydroxylation is 1. The van der Waals surface area contributed by atoms with E-state index in [1.54, 1.807) is 55.7 Å². The van der Waals surface area contributed by atoms with Crippen LogP contribution >= 0.6 is 0 Å². The van der Waals surface area contributed by atoms with Gasteiger partial charge in [-0.25, -0.2) is 0 Å². The Morgan fingerprint density at radius 1 is 0.667 bits per heavy atom. The zero-order valence-corrected chi connectivity index (χ0v) is 22.4. The van der Waals surface area contributed by atoms with E-state index in [4.69, 9.17) is 14.2 Å². The smallest absolute Gasteiger partial charge is 0.189 e. The Morgan fingerprint density at radius 2 is 1.21 bits per heavy atom. The molecule has 0 bridgehead atoms. The number of carbonyl (C=O) groups is 2. The zero-order valence-electron chi connectivity index (χ0n) is 22.4. The molecule has 3 aromatic carbocycles. The Morgan fingerprint density at radius 3 is 1.79 bits per heavy atom. The molecule has 0 aliphatic carbocycles. The van der Waals surface area contributed by atoms with Crippen molar-refractivity contribution >= 4 is 29.8 Å². The van der Waals surface area contributed by atoms with Crippen LogP contribution in [0.3, 0.4) is 0 Å². The highest BCUT2D eigenvalue weighted by Crippen LogP contribution is 2.29. The van der Waals surface area contributed by atoms with Crippen molar-refractivity contribution in [3.63, 3.8) is 0 Å². The van der Waals surface area contributed by atoms with Crippen LogP contribution in [0.15, 0.2) is 72.3 Å². The first-order chi connectivity index (χ1) is 18.8. The van der Waals surface area contributed by atoms with Crippen molar-refractivity contribution in [3.8, 4) is 17.2 Å². The number of allylic oxidation sites excluding steroid dienone is 3. The van der Waals surface area contributed by atoms with Crippen LogP contribution in [0.5, 0.6) is 17.2 Å². The summed E-state index contributed by atoms with van der Waals surface area (Å²) in [5.74, 6) is 0.694. The topological polar surface area (TPSA) is 102 Å². The highest BCUT2D eigenvalue weighted by molar-refractivity contribution is 6.31. The number of aliphatic hydroxyl groups excluding tert-OH is 2. The highest BCUT2D eigenvalue weighted by atomic mass is 16.5. The van der Waals surface area contributed by atoms with Crippen LogP contribution in [0.1, 0.15) is 33.4 Å². The van der Waals surface area contributed by atoms with E-state index in [9.17, 15) is 19.8 Å². The predicted molar refractivity (Wildman–Crippen MR) is 152 cm³/mol. The molecule has 0 unspecified atom stereocenters. The Kier molecular flexibility index (Phi) is 10.4. The van der Waals surface area contributed by atoms with E-state index in [0.29, 0.717) is 39.5 Å². The number of rotatable bonds is 12. The maximum absolute atomic E-state index is 13.3. The molecule has 3 rings (SSSR count). The fraction of sp³-hybridized carbons (Fsp3) is 0.188. The predicted octanol–water partition coefficient (Wildman–Crippen LogP) is 4.95. The third-order valence-electron chi connectivity index (χ3n) is 6.11. The van der Waals surface area contributed by atoms with Gasteiger partial charge in [-0.1, -0.05) is 42.5 Å². The molecule has 0 aliphatic heterocycles. The summed E-state index contributed by atoms with van der Waals surface area (Å²) in [6.07, 6.45) is 7.35. The maximum atomic E-state index is 13.3. The normalized spacial score (nSPS) is 11.7. The summed E-state index contributed by atoms with van der Waals surface area (Å²) in [5.41, 5.74) is 4.04. The van der Waals surface area contributed by atoms with E-state index >= 15 is 0 Å². The minimum atomic E-state index is -0.502. The summed E-state index contributed by atoms with van der Waals surface area (Å²) in [6, 6.07) is 15.7. The van der Waals surface area contributed by atoms with Crippen LogP contribution in [-0.2, 0) is 22.8 Å². The van der Waals surface area contributed by atoms with Gasteiger partial charge in [-0.05, 0) is 82.8 Å². The lowest BCUT2D eigenvalue weighted by atomic mass is 9.99. The number of hydrogen-bond donors (Lipinski definition) is 2. The van der Waals surface area contributed by atoms with Gasteiger partial charge in [0.25, 0.3) is 0 Å². The van der Waals surface area contributed by atoms with E-state index in [0.717, 1.165) is 11.1 Å². The molecule has 0 atom stereocenters. The van der Waals surface area contributed by atoms with Crippen LogP contribution in [0.4, 0.5) is 0 Å². The Balaban J connectivity index is 1.98. The number of ether oxygens (including phenoxy) is 3. The lowest BCUT2D eigenvalue weighted by Gasteiger charge is -2.08. The van der Waals surface area contributed by atoms with Crippen molar-refractivity contribution < 1.29 is 34.0 Å². The summed E-state index contributed by atoms with van der Waals surface area (Å²) in [7, 11) is 4.61. The van der Waals surface area contributed by atoms with Crippen LogP contribution in [0.2, 0.25) is 0 Å². The molecule has 0 radical (unpaired) electrons. The molecule has 0 fully saturated rings. The summed E-state index contributed by atoms with van der Waals surface area (Å²) in [6.45, 7) is 1.47. The van der Waals surface area contributed by atoms with Gasteiger partial charge in [0.2, 0.25) is 0 Å². The average Bonchev–Trinajstić information content (AvgIpc) is 2.97. The summed E-state index contributed by atoms with van der Waals surface area (Å²) in [4.78, 5) is 26.6. The van der Waals surface area contributed by atoms with Gasteiger partial charge < -0.3 is 24.4 Å². The van der Waals surface area contributed by atoms with Gasteiger partial charge in [0.1, 0.15) is 5.75 Å². The lowest BCUT2D eigenvalue weighted by molar-refractivity contribution is -0.116. The van der Waals surface area contributed by atoms with E-state index in [1.165, 1.54) is 32.4 Å². The zero-order chi connectivity index (χ0) is 28.4. The van der Waals surface area contributed by atoms with Crippen molar-refractivity contribution in [1.82, 2.24) is 0 Å². The van der Waals surface area contributed by atoms with Crippen molar-refractivity contribution in [1.29, 1.82) is 0 Å². The van der Waals surface area contributed by atoms with E-state index in [2.05, 4.69) is 0 Å². The fourth-order valence-corrected chi connectivity index (χ4v) is 3.89. The summed E-state index contributed by atoms with van der Waals surface area (Å²) >= 11 is 0. The number of carbonyl (C=O) groups excluding carboxylic acids is 2. The Hall–Kier alpha value is -4.46. The molecule has 202 valence electrons. The van der Waals surface area contributed by atoms with Crippen molar-refractivity contribution in [3.05, 3.63) is 106 Å². The number of benzene rings is 3. The molecular weight excluding hydrogens is 496 g/mol. The highest BCUT2D eigenvalue weighted by Gasteiger charge is 2.15. The monoisotopic (exact) mass is 528 g/mol. The summed E-state index contributed by atoms with van der Waals surface area (Å²) in [5, 5.41) is 19.0. The van der Waals surface area contributed by atoms with Crippen LogP contribution in [0.25, 0.3) is 18.2 Å². The van der Waals surface area contributed by atoms with Crippen LogP contribution < -0.4 is 14.2 Å². The van der Waals surface area contributed by atoms with Gasteiger partial charge in [-0.2, -0.15) is 0 Å². The van der Waals surface area contributed by atoms with Gasteiger partial charge in [-0.15, -0.1) is 0 Å². The standard InChI is InChI=1S/C32H32O7/c1-21-5-6-23(17-31(21)38-3)9-13-29(36)27(16-24-10-14-30(37-2)32(18-24)39-4)28(35)12-8-22-7-11-25(19-33)26(15-22)20-34/h5-18,33-34H,19-20H2,1-4H3/b12-8+,13-9+,27-16-. The van der Waals surface area contributed by atoms with Crippen LogP contribution in [-0.4, -0.2) is 43.1 Å². The molecular formula is C32H32O7. The molecule has 2 N–H and O–H groups in total. The second kappa shape index (κ2) is 13.9. The van der Waals surface area contributed by atoms with E-state index < -0.39 is 11.6 Å². The molecule has 0 amide bonds. The molecule has 0 aromatic heterocycles. The minimum Gasteiger partial charge on any atom is -0.496 e. The first kappa shape index (κ1) is 29.1. The molecule has 39 heavy (non-hydrogen) atoms. The van der Waals surface area contributed by atoms with Gasteiger partial charge in [0.15, 0.2) is 23.1 Å². The summed E-state index contributed by atoms with van der Waals surface area (Å²) < 4.78 is 16.0. The van der Waals surface area contributed by atoms with Crippen molar-refractivity contribution in [2.45, 2.75) is 20.1 Å². The number of hydrogen-bond acceptors (Lipinski definition) is 7. The number of ketones is 2. The maximum Gasteiger partial charge on any atom is 0.189 e. The Bertz CT molecular complexity index is 1430. The average molecular weight is 529 g/mol. The van der Waals surface area contributed by atoms with E-state index in [-0.39, 0.29) is 18.8 Å². The largest absolute Gasteiger partial charge is 0.496 e. The first-order valence-corrected chi connectivity index (χ1v) is 12.2. The van der Waals surface area contributed by atoms with Crippen molar-refractivity contribution in [2.24, 2.45) is 0 Å². The molecule has 0 aliphatic rings. The molecule has 0 saturated heterocycles. The molecule has 3 aromatic rings. The quantitative estimate of drug-likeness (QED) is 0.195. The third kappa shape index (κ3) is 7.54.